The van der Waals surface area contributed by atoms with E-state index in [1.807, 2.05) is 12.1 Å². The average Bonchev–Trinajstić information content (AvgIpc) is 2.41. The van der Waals surface area contributed by atoms with E-state index in [9.17, 15) is 8.78 Å². The van der Waals surface area contributed by atoms with E-state index in [2.05, 4.69) is 10.2 Å². The summed E-state index contributed by atoms with van der Waals surface area (Å²) in [6.45, 7) is -2.86. The molecule has 0 aliphatic rings. The normalized spacial score (nSPS) is 12.4. The molecule has 0 aliphatic carbocycles. The second-order valence-electron chi connectivity index (χ2n) is 4.10. The van der Waals surface area contributed by atoms with Crippen molar-refractivity contribution in [1.29, 1.82) is 0 Å². The van der Waals surface area contributed by atoms with Gasteiger partial charge in [-0.1, -0.05) is 35.9 Å². The van der Waals surface area contributed by atoms with Gasteiger partial charge in [0.1, 0.15) is 5.75 Å². The Hall–Kier alpha value is -1.69. The molecule has 0 aromatic heterocycles. The number of nitrogens with one attached hydrogen (secondary N) is 1. The molecule has 0 saturated heterocycles. The van der Waals surface area contributed by atoms with Gasteiger partial charge in [0.15, 0.2) is 0 Å². The first kappa shape index (κ1) is 14.7. The predicted octanol–water partition coefficient (Wildman–Crippen LogP) is 3.49. The number of hydrazine groups is 1. The first-order valence-electron chi connectivity index (χ1n) is 5.86. The summed E-state index contributed by atoms with van der Waals surface area (Å²) in [6, 6.07) is 13.2. The van der Waals surface area contributed by atoms with Crippen molar-refractivity contribution in [2.24, 2.45) is 5.84 Å². The highest BCUT2D eigenvalue weighted by Crippen LogP contribution is 2.26. The van der Waals surface area contributed by atoms with Crippen molar-refractivity contribution in [3.63, 3.8) is 0 Å². The van der Waals surface area contributed by atoms with Crippen LogP contribution in [0.4, 0.5) is 8.78 Å². The molecule has 0 fully saturated rings. The van der Waals surface area contributed by atoms with E-state index in [1.54, 1.807) is 24.3 Å². The summed E-state index contributed by atoms with van der Waals surface area (Å²) in [5.41, 5.74) is 4.23. The molecule has 6 heteroatoms. The zero-order valence-electron chi connectivity index (χ0n) is 10.4. The molecular formula is C14H13ClF2N2O. The van der Waals surface area contributed by atoms with Gasteiger partial charge in [-0.25, -0.2) is 5.43 Å². The Balaban J connectivity index is 2.29. The number of hydrogen-bond donors (Lipinski definition) is 2. The fourth-order valence-electron chi connectivity index (χ4n) is 1.91. The third kappa shape index (κ3) is 3.66. The molecule has 0 heterocycles. The molecule has 0 bridgehead atoms. The highest BCUT2D eigenvalue weighted by atomic mass is 35.5. The lowest BCUT2D eigenvalue weighted by atomic mass is 9.99. The number of hydrogen-bond acceptors (Lipinski definition) is 3. The molecule has 20 heavy (non-hydrogen) atoms. The summed E-state index contributed by atoms with van der Waals surface area (Å²) in [5.74, 6) is 5.64. The van der Waals surface area contributed by atoms with Crippen LogP contribution in [0.2, 0.25) is 5.02 Å². The first-order valence-corrected chi connectivity index (χ1v) is 6.24. The number of rotatable bonds is 5. The van der Waals surface area contributed by atoms with Gasteiger partial charge in [-0.05, 0) is 35.4 Å². The van der Waals surface area contributed by atoms with Crippen LogP contribution in [0.15, 0.2) is 48.5 Å². The van der Waals surface area contributed by atoms with E-state index >= 15 is 0 Å². The monoisotopic (exact) mass is 298 g/mol. The molecular weight excluding hydrogens is 286 g/mol. The molecule has 3 nitrogen and oxygen atoms in total. The summed E-state index contributed by atoms with van der Waals surface area (Å²) >= 11 is 5.83. The summed E-state index contributed by atoms with van der Waals surface area (Å²) in [7, 11) is 0. The maximum Gasteiger partial charge on any atom is 0.387 e. The second kappa shape index (κ2) is 6.65. The van der Waals surface area contributed by atoms with Crippen molar-refractivity contribution in [2.45, 2.75) is 12.7 Å². The summed E-state index contributed by atoms with van der Waals surface area (Å²) in [4.78, 5) is 0. The summed E-state index contributed by atoms with van der Waals surface area (Å²) < 4.78 is 28.8. The Morgan fingerprint density at radius 2 is 1.75 bits per heavy atom. The van der Waals surface area contributed by atoms with Gasteiger partial charge in [-0.15, -0.1) is 0 Å². The van der Waals surface area contributed by atoms with E-state index in [0.717, 1.165) is 5.56 Å². The van der Waals surface area contributed by atoms with Crippen LogP contribution in [0.1, 0.15) is 17.2 Å². The Kier molecular flexibility index (Phi) is 4.89. The van der Waals surface area contributed by atoms with E-state index in [-0.39, 0.29) is 11.8 Å². The quantitative estimate of drug-likeness (QED) is 0.656. The molecule has 3 N–H and O–H groups in total. The van der Waals surface area contributed by atoms with Gasteiger partial charge in [-0.2, -0.15) is 8.78 Å². The van der Waals surface area contributed by atoms with E-state index in [1.165, 1.54) is 12.1 Å². The van der Waals surface area contributed by atoms with Gasteiger partial charge in [0.05, 0.1) is 6.04 Å². The van der Waals surface area contributed by atoms with Crippen molar-refractivity contribution in [2.75, 3.05) is 0 Å². The minimum atomic E-state index is -2.86. The van der Waals surface area contributed by atoms with Crippen molar-refractivity contribution < 1.29 is 13.5 Å². The largest absolute Gasteiger partial charge is 0.435 e. The van der Waals surface area contributed by atoms with E-state index in [0.29, 0.717) is 10.6 Å². The zero-order chi connectivity index (χ0) is 14.5. The molecule has 0 saturated carbocycles. The van der Waals surface area contributed by atoms with Crippen LogP contribution >= 0.6 is 11.6 Å². The minimum absolute atomic E-state index is 0.0895. The fraction of sp³-hybridized carbons (Fsp3) is 0.143. The number of benzene rings is 2. The fourth-order valence-corrected chi connectivity index (χ4v) is 2.04. The van der Waals surface area contributed by atoms with Crippen LogP contribution < -0.4 is 16.0 Å². The molecule has 2 aromatic rings. The third-order valence-corrected chi connectivity index (χ3v) is 3.04. The topological polar surface area (TPSA) is 47.3 Å². The molecule has 0 aliphatic heterocycles. The van der Waals surface area contributed by atoms with Gasteiger partial charge in [0.25, 0.3) is 0 Å². The Labute approximate surface area is 120 Å². The standard InChI is InChI=1S/C14H13ClF2N2O/c15-11-6-4-9(5-7-11)13(19-18)10-2-1-3-12(8-10)20-14(16)17/h1-8,13-14,19H,18H2. The lowest BCUT2D eigenvalue weighted by molar-refractivity contribution is -0.0498. The van der Waals surface area contributed by atoms with Crippen molar-refractivity contribution in [3.05, 3.63) is 64.7 Å². The zero-order valence-corrected chi connectivity index (χ0v) is 11.1. The van der Waals surface area contributed by atoms with Gasteiger partial charge >= 0.3 is 6.61 Å². The molecule has 0 amide bonds. The Morgan fingerprint density at radius 3 is 2.35 bits per heavy atom. The number of halogens is 3. The molecule has 1 unspecified atom stereocenters. The van der Waals surface area contributed by atoms with Crippen molar-refractivity contribution in [3.8, 4) is 5.75 Å². The Morgan fingerprint density at radius 1 is 1.05 bits per heavy atom. The second-order valence-corrected chi connectivity index (χ2v) is 4.54. The molecule has 0 radical (unpaired) electrons. The van der Waals surface area contributed by atoms with Gasteiger partial charge in [0.2, 0.25) is 0 Å². The average molecular weight is 299 g/mol. The SMILES string of the molecule is NNC(c1ccc(Cl)cc1)c1cccc(OC(F)F)c1. The smallest absolute Gasteiger partial charge is 0.387 e. The molecule has 1 atom stereocenters. The lowest BCUT2D eigenvalue weighted by Gasteiger charge is -2.18. The van der Waals surface area contributed by atoms with Crippen LogP contribution in [-0.4, -0.2) is 6.61 Å². The Bertz CT molecular complexity index is 563. The number of ether oxygens (including phenoxy) is 1. The van der Waals surface area contributed by atoms with Gasteiger partial charge in [-0.3, -0.25) is 5.84 Å². The van der Waals surface area contributed by atoms with E-state index in [4.69, 9.17) is 17.4 Å². The molecule has 106 valence electrons. The molecule has 0 spiro atoms. The lowest BCUT2D eigenvalue weighted by Crippen LogP contribution is -2.28. The summed E-state index contributed by atoms with van der Waals surface area (Å²) in [5, 5.41) is 0.610. The first-order chi connectivity index (χ1) is 9.60. The minimum Gasteiger partial charge on any atom is -0.435 e. The highest BCUT2D eigenvalue weighted by molar-refractivity contribution is 6.30. The van der Waals surface area contributed by atoms with Crippen LogP contribution in [0.5, 0.6) is 5.75 Å². The third-order valence-electron chi connectivity index (χ3n) is 2.79. The van der Waals surface area contributed by atoms with Crippen LogP contribution in [0.25, 0.3) is 0 Å². The van der Waals surface area contributed by atoms with Gasteiger partial charge < -0.3 is 4.74 Å². The highest BCUT2D eigenvalue weighted by Gasteiger charge is 2.14. The van der Waals surface area contributed by atoms with Crippen LogP contribution in [0, 0.1) is 0 Å². The van der Waals surface area contributed by atoms with E-state index < -0.39 is 6.61 Å². The van der Waals surface area contributed by atoms with Crippen molar-refractivity contribution in [1.82, 2.24) is 5.43 Å². The molecule has 2 aromatic carbocycles. The molecule has 2 rings (SSSR count). The van der Waals surface area contributed by atoms with Crippen LogP contribution in [-0.2, 0) is 0 Å². The van der Waals surface area contributed by atoms with Crippen molar-refractivity contribution >= 4 is 11.6 Å². The predicted molar refractivity (Wildman–Crippen MR) is 73.7 cm³/mol. The number of nitrogens with two attached hydrogens (primary N) is 1. The summed E-state index contributed by atoms with van der Waals surface area (Å²) in [6.07, 6.45) is 0. The van der Waals surface area contributed by atoms with Crippen LogP contribution in [0.3, 0.4) is 0 Å². The van der Waals surface area contributed by atoms with Gasteiger partial charge in [0, 0.05) is 5.02 Å². The maximum absolute atomic E-state index is 12.2. The number of alkyl halides is 2. The maximum atomic E-state index is 12.2.